The van der Waals surface area contributed by atoms with Crippen LogP contribution < -0.4 is 0 Å². The van der Waals surface area contributed by atoms with E-state index in [1.165, 1.54) is 0 Å². The maximum atomic E-state index is 12.8. The van der Waals surface area contributed by atoms with Crippen LogP contribution >= 0.6 is 7.82 Å². The Balaban J connectivity index is 5.44. The van der Waals surface area contributed by atoms with Crippen molar-refractivity contribution < 1.29 is 93.8 Å². The molecule has 19 nitrogen and oxygen atoms in total. The molecule has 12 N–H and O–H groups in total. The number of hydrogen-bond donors (Lipinski definition) is 12. The first-order valence-corrected chi connectivity index (χ1v) is 12.0. The van der Waals surface area contributed by atoms with Crippen molar-refractivity contribution in [2.75, 3.05) is 39.6 Å². The van der Waals surface area contributed by atoms with Crippen LogP contribution in [-0.2, 0) is 32.5 Å². The number of carbonyl (C=O) groups excluding carboxylic acids is 3. The third-order valence-corrected chi connectivity index (χ3v) is 5.98. The van der Waals surface area contributed by atoms with Gasteiger partial charge >= 0.3 is 7.82 Å². The maximum absolute atomic E-state index is 12.8. The van der Waals surface area contributed by atoms with Gasteiger partial charge in [-0.05, 0) is 0 Å². The minimum Gasteiger partial charge on any atom is -0.393 e. The second-order valence-electron chi connectivity index (χ2n) is 8.14. The van der Waals surface area contributed by atoms with Crippen LogP contribution in [-0.4, -0.2) is 154 Å². The molecule has 0 aromatic heterocycles. The van der Waals surface area contributed by atoms with Gasteiger partial charge in [-0.15, -0.1) is 0 Å². The van der Waals surface area contributed by atoms with Gasteiger partial charge in [-0.2, -0.15) is 0 Å². The molecule has 0 saturated heterocycles. The topological polar surface area (TPSA) is 339 Å². The summed E-state index contributed by atoms with van der Waals surface area (Å²) in [6.45, 7) is -7.50. The molecule has 0 rings (SSSR count). The number of rotatable bonds is 21. The molecular formula is C18H33O19P. The van der Waals surface area contributed by atoms with E-state index in [-0.39, 0.29) is 0 Å². The van der Waals surface area contributed by atoms with Gasteiger partial charge < -0.3 is 61.3 Å². The maximum Gasteiger partial charge on any atom is 0.476 e. The Morgan fingerprint density at radius 2 is 0.763 bits per heavy atom. The summed E-state index contributed by atoms with van der Waals surface area (Å²) in [6.07, 6.45) is -10.5. The third kappa shape index (κ3) is 12.7. The average Bonchev–Trinajstić information content (AvgIpc) is 2.82. The third-order valence-electron chi connectivity index (χ3n) is 4.64. The van der Waals surface area contributed by atoms with Crippen LogP contribution in [0, 0.1) is 0 Å². The molecule has 0 aromatic rings. The van der Waals surface area contributed by atoms with Gasteiger partial charge in [-0.1, -0.05) is 0 Å². The van der Waals surface area contributed by atoms with Crippen LogP contribution in [0.5, 0.6) is 0 Å². The Morgan fingerprint density at radius 1 is 0.553 bits per heavy atom. The molecule has 38 heavy (non-hydrogen) atoms. The number of Topliss-reactive ketones (excluding diaryl/α,β-unsaturated/α-hetero) is 3. The zero-order valence-electron chi connectivity index (χ0n) is 19.8. The number of ketones is 3. The van der Waals surface area contributed by atoms with Crippen molar-refractivity contribution in [2.24, 2.45) is 0 Å². The average molecular weight is 584 g/mol. The molecule has 224 valence electrons. The van der Waals surface area contributed by atoms with Crippen LogP contribution in [0.1, 0.15) is 19.3 Å². The second-order valence-corrected chi connectivity index (χ2v) is 9.81. The van der Waals surface area contributed by atoms with E-state index in [2.05, 4.69) is 13.6 Å². The smallest absolute Gasteiger partial charge is 0.393 e. The molecule has 0 radical (unpaired) electrons. The summed E-state index contributed by atoms with van der Waals surface area (Å²) in [4.78, 5) is 35.9. The summed E-state index contributed by atoms with van der Waals surface area (Å²) in [5.41, 5.74) is 0. The Morgan fingerprint density at radius 3 is 0.947 bits per heavy atom. The number of aliphatic hydroxyl groups excluding tert-OH is 6. The molecule has 3 atom stereocenters. The quantitative estimate of drug-likeness (QED) is 0.0440. The van der Waals surface area contributed by atoms with Crippen molar-refractivity contribution in [3.63, 3.8) is 0 Å². The van der Waals surface area contributed by atoms with Crippen molar-refractivity contribution in [3.05, 3.63) is 0 Å². The summed E-state index contributed by atoms with van der Waals surface area (Å²) < 4.78 is 26.7. The molecule has 0 heterocycles. The minimum absolute atomic E-state index is 1.17. The summed E-state index contributed by atoms with van der Waals surface area (Å²) in [5.74, 6) is -13.3. The van der Waals surface area contributed by atoms with Gasteiger partial charge in [0.1, 0.15) is 38.1 Å². The van der Waals surface area contributed by atoms with E-state index in [0.717, 1.165) is 0 Å². The second kappa shape index (κ2) is 15.4. The highest BCUT2D eigenvalue weighted by atomic mass is 31.2. The van der Waals surface area contributed by atoms with Gasteiger partial charge in [0.2, 0.25) is 0 Å². The first-order chi connectivity index (χ1) is 17.2. The van der Waals surface area contributed by atoms with Gasteiger partial charge in [0.15, 0.2) is 34.7 Å². The molecule has 0 amide bonds. The molecule has 0 bridgehead atoms. The predicted octanol–water partition coefficient (Wildman–Crippen LogP) is -6.88. The normalized spacial score (nSPS) is 16.9. The predicted molar refractivity (Wildman–Crippen MR) is 115 cm³/mol. The van der Waals surface area contributed by atoms with Crippen molar-refractivity contribution >= 4 is 25.2 Å². The molecule has 0 aliphatic rings. The first-order valence-electron chi connectivity index (χ1n) is 10.5. The van der Waals surface area contributed by atoms with E-state index in [9.17, 15) is 64.9 Å². The molecule has 20 heteroatoms. The Hall–Kier alpha value is -1.36. The van der Waals surface area contributed by atoms with E-state index < -0.39 is 120 Å². The first kappa shape index (κ1) is 36.6. The number of carbonyl (C=O) groups is 3. The van der Waals surface area contributed by atoms with E-state index >= 15 is 0 Å². The summed E-state index contributed by atoms with van der Waals surface area (Å²) in [6, 6.07) is 0. The van der Waals surface area contributed by atoms with Crippen LogP contribution in [0.15, 0.2) is 0 Å². The highest BCUT2D eigenvalue weighted by molar-refractivity contribution is 7.48. The lowest BCUT2D eigenvalue weighted by Crippen LogP contribution is -2.46. The van der Waals surface area contributed by atoms with Gasteiger partial charge in [-0.3, -0.25) is 28.0 Å². The van der Waals surface area contributed by atoms with Gasteiger partial charge in [0, 0.05) is 0 Å². The van der Waals surface area contributed by atoms with Crippen molar-refractivity contribution in [3.8, 4) is 0 Å². The van der Waals surface area contributed by atoms with Crippen LogP contribution in [0.4, 0.5) is 0 Å². The van der Waals surface area contributed by atoms with Crippen molar-refractivity contribution in [1.82, 2.24) is 0 Å². The lowest BCUT2D eigenvalue weighted by Gasteiger charge is -2.26. The van der Waals surface area contributed by atoms with Crippen LogP contribution in [0.25, 0.3) is 0 Å². The lowest BCUT2D eigenvalue weighted by atomic mass is 10.0. The number of hydrogen-bond acceptors (Lipinski definition) is 19. The van der Waals surface area contributed by atoms with Crippen LogP contribution in [0.3, 0.4) is 0 Å². The van der Waals surface area contributed by atoms with E-state index in [4.69, 9.17) is 15.3 Å². The summed E-state index contributed by atoms with van der Waals surface area (Å²) in [7, 11) is -5.16. The largest absolute Gasteiger partial charge is 0.476 e. The fourth-order valence-electron chi connectivity index (χ4n) is 2.38. The molecule has 0 aliphatic heterocycles. The minimum atomic E-state index is -5.16. The van der Waals surface area contributed by atoms with E-state index in [1.54, 1.807) is 0 Å². The molecule has 0 saturated carbocycles. The molecule has 0 aliphatic carbocycles. The zero-order chi connectivity index (χ0) is 29.9. The molecule has 0 spiro atoms. The highest BCUT2D eigenvalue weighted by Gasteiger charge is 2.40. The van der Waals surface area contributed by atoms with Gasteiger partial charge in [-0.25, -0.2) is 4.57 Å². The number of phosphoric acid groups is 1. The fourth-order valence-corrected chi connectivity index (χ4v) is 3.51. The zero-order valence-corrected chi connectivity index (χ0v) is 20.7. The number of aliphatic hydroxyl groups is 12. The highest BCUT2D eigenvalue weighted by Crippen LogP contribution is 2.49. The molecule has 0 fully saturated rings. The molecule has 0 aromatic carbocycles. The molecule has 3 unspecified atom stereocenters. The SMILES string of the molecule is O=C(COP(=O)(OCC(=O)CC(O)(O)C(O)CO)OCC(=O)CC(O)(O)C(O)CO)CC(O)(O)C(O)CO. The van der Waals surface area contributed by atoms with E-state index in [0.29, 0.717) is 0 Å². The van der Waals surface area contributed by atoms with Crippen LogP contribution in [0.2, 0.25) is 0 Å². The lowest BCUT2D eigenvalue weighted by molar-refractivity contribution is -0.234. The Bertz CT molecular complexity index is 722. The standard InChI is InChI=1S/C18H33O19P/c19-4-13(25)16(28,29)1-10(22)7-35-38(34,36-8-11(23)2-17(30,31)14(26)5-20)37-9-12(24)3-18(32,33)15(27)6-21/h13-15,19-21,25-33H,1-9H2. The monoisotopic (exact) mass is 584 g/mol. The van der Waals surface area contributed by atoms with Gasteiger partial charge in [0.05, 0.1) is 39.1 Å². The van der Waals surface area contributed by atoms with E-state index in [1.807, 2.05) is 0 Å². The number of phosphoric ester groups is 1. The van der Waals surface area contributed by atoms with Gasteiger partial charge in [0.25, 0.3) is 0 Å². The Labute approximate surface area is 214 Å². The van der Waals surface area contributed by atoms with Crippen molar-refractivity contribution in [1.29, 1.82) is 0 Å². The summed E-state index contributed by atoms with van der Waals surface area (Å²) >= 11 is 0. The fraction of sp³-hybridized carbons (Fsp3) is 0.833. The summed E-state index contributed by atoms with van der Waals surface area (Å²) in [5, 5.41) is 111. The van der Waals surface area contributed by atoms with Crippen molar-refractivity contribution in [2.45, 2.75) is 54.9 Å². The Kier molecular flexibility index (Phi) is 14.9. The molecular weight excluding hydrogens is 551 g/mol.